The molecule has 1 atom stereocenters. The molecule has 0 saturated carbocycles. The van der Waals surface area contributed by atoms with Gasteiger partial charge in [-0.15, -0.1) is 0 Å². The molecule has 0 aromatic carbocycles. The second-order valence-corrected chi connectivity index (χ2v) is 16.4. The molecule has 340 valence electrons. The molecule has 0 saturated heterocycles. The van der Waals surface area contributed by atoms with Gasteiger partial charge < -0.3 is 14.2 Å². The number of rotatable bonds is 44. The normalized spacial score (nSPS) is 12.5. The average molecular weight is 825 g/mol. The third-order valence-corrected chi connectivity index (χ3v) is 10.5. The van der Waals surface area contributed by atoms with Gasteiger partial charge in [0.25, 0.3) is 0 Å². The molecule has 0 radical (unpaired) electrons. The van der Waals surface area contributed by atoms with Crippen LogP contribution in [-0.2, 0) is 28.6 Å². The predicted molar refractivity (Wildman–Crippen MR) is 251 cm³/mol. The lowest BCUT2D eigenvalue weighted by molar-refractivity contribution is -0.167. The van der Waals surface area contributed by atoms with Crippen molar-refractivity contribution in [2.24, 2.45) is 0 Å². The molecule has 0 bridgehead atoms. The first-order valence-electron chi connectivity index (χ1n) is 24.8. The summed E-state index contributed by atoms with van der Waals surface area (Å²) in [5.41, 5.74) is 0. The van der Waals surface area contributed by atoms with Crippen LogP contribution in [0.15, 0.2) is 60.8 Å². The molecular weight excluding hydrogens is 733 g/mol. The van der Waals surface area contributed by atoms with Gasteiger partial charge in [-0.25, -0.2) is 0 Å². The highest BCUT2D eigenvalue weighted by molar-refractivity contribution is 5.71. The van der Waals surface area contributed by atoms with Gasteiger partial charge in [0.05, 0.1) is 0 Å². The number of unbranched alkanes of at least 4 members (excludes halogenated alkanes) is 24. The van der Waals surface area contributed by atoms with Gasteiger partial charge in [0.15, 0.2) is 6.10 Å². The largest absolute Gasteiger partial charge is 0.462 e. The molecule has 0 N–H and O–H groups in total. The van der Waals surface area contributed by atoms with Crippen LogP contribution in [-0.4, -0.2) is 37.2 Å². The molecule has 0 rings (SSSR count). The Morgan fingerprint density at radius 1 is 0.373 bits per heavy atom. The van der Waals surface area contributed by atoms with Gasteiger partial charge in [0.2, 0.25) is 0 Å². The summed E-state index contributed by atoms with van der Waals surface area (Å²) in [5.74, 6) is -0.964. The van der Waals surface area contributed by atoms with Gasteiger partial charge in [-0.2, -0.15) is 0 Å². The van der Waals surface area contributed by atoms with Gasteiger partial charge >= 0.3 is 17.9 Å². The third kappa shape index (κ3) is 46.0. The molecule has 0 aromatic rings. The first kappa shape index (κ1) is 56.1. The average Bonchev–Trinajstić information content (AvgIpc) is 3.23. The first-order chi connectivity index (χ1) is 29.0. The number of carbonyl (C=O) groups is 3. The summed E-state index contributed by atoms with van der Waals surface area (Å²) in [7, 11) is 0. The summed E-state index contributed by atoms with van der Waals surface area (Å²) >= 11 is 0. The molecule has 6 heteroatoms. The van der Waals surface area contributed by atoms with Gasteiger partial charge in [-0.3, -0.25) is 14.4 Å². The Hall–Kier alpha value is -2.89. The Kier molecular flexibility index (Phi) is 45.4. The fourth-order valence-electron chi connectivity index (χ4n) is 6.79. The van der Waals surface area contributed by atoms with Crippen LogP contribution in [0, 0.1) is 0 Å². The fraction of sp³-hybridized carbons (Fsp3) is 0.755. The summed E-state index contributed by atoms with van der Waals surface area (Å²) in [6.45, 7) is 6.42. The minimum atomic E-state index is -0.801. The summed E-state index contributed by atoms with van der Waals surface area (Å²) in [5, 5.41) is 0. The maximum Gasteiger partial charge on any atom is 0.306 e. The van der Waals surface area contributed by atoms with Crippen molar-refractivity contribution in [1.82, 2.24) is 0 Å². The zero-order valence-electron chi connectivity index (χ0n) is 38.8. The van der Waals surface area contributed by atoms with E-state index in [9.17, 15) is 14.4 Å². The van der Waals surface area contributed by atoms with E-state index in [2.05, 4.69) is 81.5 Å². The smallest absolute Gasteiger partial charge is 0.306 e. The van der Waals surface area contributed by atoms with Crippen molar-refractivity contribution in [3.05, 3.63) is 60.8 Å². The lowest BCUT2D eigenvalue weighted by atomic mass is 10.0. The van der Waals surface area contributed by atoms with E-state index >= 15 is 0 Å². The lowest BCUT2D eigenvalue weighted by Crippen LogP contribution is -2.30. The van der Waals surface area contributed by atoms with Crippen LogP contribution in [0.1, 0.15) is 239 Å². The van der Waals surface area contributed by atoms with E-state index in [-0.39, 0.29) is 37.5 Å². The molecule has 0 spiro atoms. The Balaban J connectivity index is 4.37. The Morgan fingerprint density at radius 2 is 0.729 bits per heavy atom. The molecular formula is C53H92O6. The van der Waals surface area contributed by atoms with Gasteiger partial charge in [0.1, 0.15) is 13.2 Å². The lowest BCUT2D eigenvalue weighted by Gasteiger charge is -2.18. The van der Waals surface area contributed by atoms with Crippen LogP contribution < -0.4 is 0 Å². The zero-order chi connectivity index (χ0) is 43.0. The SMILES string of the molecule is CC/C=C\C/C=C\C/C=C\CCCCC(=O)OC(COC(=O)CCCCC/C=C\C=C/CCCC)COC(=O)CCCCCCCCCCCCCCCCCCCC. The minimum absolute atomic E-state index is 0.0966. The van der Waals surface area contributed by atoms with E-state index in [1.165, 1.54) is 109 Å². The summed E-state index contributed by atoms with van der Waals surface area (Å²) < 4.78 is 16.7. The van der Waals surface area contributed by atoms with Crippen LogP contribution in [0.2, 0.25) is 0 Å². The number of carbonyl (C=O) groups excluding carboxylic acids is 3. The number of ether oxygens (including phenoxy) is 3. The van der Waals surface area contributed by atoms with E-state index < -0.39 is 6.10 Å². The summed E-state index contributed by atoms with van der Waals surface area (Å²) in [6, 6.07) is 0. The van der Waals surface area contributed by atoms with Crippen LogP contribution in [0.4, 0.5) is 0 Å². The van der Waals surface area contributed by atoms with E-state index in [0.29, 0.717) is 19.3 Å². The van der Waals surface area contributed by atoms with Crippen LogP contribution >= 0.6 is 0 Å². The highest BCUT2D eigenvalue weighted by Crippen LogP contribution is 2.15. The van der Waals surface area contributed by atoms with Crippen LogP contribution in [0.25, 0.3) is 0 Å². The second kappa shape index (κ2) is 47.8. The van der Waals surface area contributed by atoms with E-state index in [0.717, 1.165) is 83.5 Å². The van der Waals surface area contributed by atoms with Crippen molar-refractivity contribution in [3.63, 3.8) is 0 Å². The van der Waals surface area contributed by atoms with Crippen molar-refractivity contribution >= 4 is 17.9 Å². The summed E-state index contributed by atoms with van der Waals surface area (Å²) in [4.78, 5) is 37.8. The molecule has 6 nitrogen and oxygen atoms in total. The van der Waals surface area contributed by atoms with Crippen molar-refractivity contribution < 1.29 is 28.6 Å². The highest BCUT2D eigenvalue weighted by Gasteiger charge is 2.19. The Morgan fingerprint density at radius 3 is 1.22 bits per heavy atom. The number of esters is 3. The standard InChI is InChI=1S/C53H92O6/c1-4-7-10-13-16-19-22-24-25-26-27-28-29-32-34-37-40-43-46-52(55)58-49-50(48-57-51(54)45-42-39-36-33-30-21-18-15-12-9-6-3)59-53(56)47-44-41-38-35-31-23-20-17-14-11-8-5-2/h8,11,15,17-18,20-21,30-31,35,50H,4-7,9-10,12-14,16,19,22-29,32-34,36-49H2,1-3H3/b11-8-,18-15-,20-17-,30-21-,35-31-. The maximum absolute atomic E-state index is 12.7. The third-order valence-electron chi connectivity index (χ3n) is 10.5. The number of allylic oxidation sites excluding steroid dienone is 10. The van der Waals surface area contributed by atoms with Crippen molar-refractivity contribution in [2.45, 2.75) is 245 Å². The summed E-state index contributed by atoms with van der Waals surface area (Å²) in [6.07, 6.45) is 57.9. The van der Waals surface area contributed by atoms with E-state index in [1.807, 2.05) is 0 Å². The van der Waals surface area contributed by atoms with E-state index in [1.54, 1.807) is 0 Å². The van der Waals surface area contributed by atoms with Gasteiger partial charge in [0, 0.05) is 19.3 Å². The zero-order valence-corrected chi connectivity index (χ0v) is 38.8. The van der Waals surface area contributed by atoms with Crippen molar-refractivity contribution in [2.75, 3.05) is 13.2 Å². The molecule has 0 aromatic heterocycles. The molecule has 0 aliphatic heterocycles. The van der Waals surface area contributed by atoms with Crippen LogP contribution in [0.3, 0.4) is 0 Å². The highest BCUT2D eigenvalue weighted by atomic mass is 16.6. The molecule has 0 aliphatic rings. The Labute approximate surface area is 364 Å². The van der Waals surface area contributed by atoms with Gasteiger partial charge in [-0.1, -0.05) is 210 Å². The van der Waals surface area contributed by atoms with Gasteiger partial charge in [-0.05, 0) is 70.6 Å². The molecule has 0 fully saturated rings. The quantitative estimate of drug-likeness (QED) is 0.0200. The van der Waals surface area contributed by atoms with Crippen molar-refractivity contribution in [3.8, 4) is 0 Å². The second-order valence-electron chi connectivity index (χ2n) is 16.4. The molecule has 59 heavy (non-hydrogen) atoms. The fourth-order valence-corrected chi connectivity index (χ4v) is 6.79. The molecule has 0 amide bonds. The number of hydrogen-bond acceptors (Lipinski definition) is 6. The molecule has 1 unspecified atom stereocenters. The van der Waals surface area contributed by atoms with E-state index in [4.69, 9.17) is 14.2 Å². The number of hydrogen-bond donors (Lipinski definition) is 0. The predicted octanol–water partition coefficient (Wildman–Crippen LogP) is 16.1. The molecule has 0 aliphatic carbocycles. The first-order valence-corrected chi connectivity index (χ1v) is 24.8. The maximum atomic E-state index is 12.7. The Bertz CT molecular complexity index is 1090. The monoisotopic (exact) mass is 825 g/mol. The van der Waals surface area contributed by atoms with Crippen LogP contribution in [0.5, 0.6) is 0 Å². The topological polar surface area (TPSA) is 78.9 Å². The van der Waals surface area contributed by atoms with Crippen molar-refractivity contribution in [1.29, 1.82) is 0 Å². The molecule has 0 heterocycles. The minimum Gasteiger partial charge on any atom is -0.462 e.